The van der Waals surface area contributed by atoms with Gasteiger partial charge < -0.3 is 0 Å². The fraction of sp³-hybridized carbons (Fsp3) is 0.700. The average Bonchev–Trinajstić information content (AvgIpc) is 2.15. The number of nitrogens with zero attached hydrogens (tertiary/aromatic N) is 2. The first-order chi connectivity index (χ1) is 6.88. The lowest BCUT2D eigenvalue weighted by Crippen LogP contribution is -2.38. The van der Waals surface area contributed by atoms with Crippen LogP contribution in [0, 0.1) is 5.92 Å². The predicted octanol–water partition coefficient (Wildman–Crippen LogP) is -0.242. The normalized spacial score (nSPS) is 10.5. The third-order valence-corrected chi connectivity index (χ3v) is 2.03. The smallest absolute Gasteiger partial charge is 0.242 e. The Morgan fingerprint density at radius 3 is 2.13 bits per heavy atom. The molecule has 0 heterocycles. The molecule has 0 saturated heterocycles. The van der Waals surface area contributed by atoms with Gasteiger partial charge in [-0.05, 0) is 7.05 Å². The summed E-state index contributed by atoms with van der Waals surface area (Å²) in [5, 5.41) is 0. The van der Waals surface area contributed by atoms with Crippen molar-refractivity contribution in [1.29, 1.82) is 0 Å². The summed E-state index contributed by atoms with van der Waals surface area (Å²) in [6, 6.07) is 0. The van der Waals surface area contributed by atoms with Gasteiger partial charge in [-0.2, -0.15) is 0 Å². The highest BCUT2D eigenvalue weighted by atomic mass is 16.2. The van der Waals surface area contributed by atoms with Gasteiger partial charge in [0.2, 0.25) is 12.3 Å². The van der Waals surface area contributed by atoms with Crippen LogP contribution in [-0.2, 0) is 14.4 Å². The highest BCUT2D eigenvalue weighted by Gasteiger charge is 2.14. The van der Waals surface area contributed by atoms with Crippen molar-refractivity contribution in [3.63, 3.8) is 0 Å². The van der Waals surface area contributed by atoms with E-state index in [2.05, 4.69) is 0 Å². The van der Waals surface area contributed by atoms with Crippen LogP contribution >= 0.6 is 0 Å². The minimum absolute atomic E-state index is 0.0358. The quantitative estimate of drug-likeness (QED) is 0.572. The van der Waals surface area contributed by atoms with Crippen molar-refractivity contribution in [1.82, 2.24) is 9.80 Å². The number of amides is 2. The summed E-state index contributed by atoms with van der Waals surface area (Å²) in [7, 11) is 3.07. The molecule has 0 aromatic heterocycles. The second kappa shape index (κ2) is 6.29. The SMILES string of the molecule is CC(C)C(=O)CN(C)CC(=O)N(C)C=O. The summed E-state index contributed by atoms with van der Waals surface area (Å²) >= 11 is 0. The molecule has 0 aliphatic carbocycles. The lowest BCUT2D eigenvalue weighted by Gasteiger charge is -2.18. The fourth-order valence-electron chi connectivity index (χ4n) is 0.906. The van der Waals surface area contributed by atoms with Crippen LogP contribution in [0.4, 0.5) is 0 Å². The minimum Gasteiger partial charge on any atom is -0.298 e. The van der Waals surface area contributed by atoms with Crippen LogP contribution in [0.1, 0.15) is 13.8 Å². The van der Waals surface area contributed by atoms with Gasteiger partial charge in [-0.15, -0.1) is 0 Å². The molecular formula is C10H18N2O3. The zero-order chi connectivity index (χ0) is 12.0. The monoisotopic (exact) mass is 214 g/mol. The summed E-state index contributed by atoms with van der Waals surface area (Å²) in [4.78, 5) is 35.5. The van der Waals surface area contributed by atoms with Crippen molar-refractivity contribution in [3.8, 4) is 0 Å². The van der Waals surface area contributed by atoms with Crippen LogP contribution in [0.15, 0.2) is 0 Å². The topological polar surface area (TPSA) is 57.7 Å². The number of hydrogen-bond acceptors (Lipinski definition) is 4. The number of ketones is 1. The minimum atomic E-state index is -0.316. The van der Waals surface area contributed by atoms with E-state index in [4.69, 9.17) is 0 Å². The van der Waals surface area contributed by atoms with E-state index in [9.17, 15) is 14.4 Å². The summed E-state index contributed by atoms with van der Waals surface area (Å²) in [6.45, 7) is 3.94. The van der Waals surface area contributed by atoms with Crippen molar-refractivity contribution >= 4 is 18.1 Å². The van der Waals surface area contributed by atoms with E-state index in [0.29, 0.717) is 6.41 Å². The molecule has 0 radical (unpaired) electrons. The molecule has 0 saturated carbocycles. The molecule has 0 spiro atoms. The van der Waals surface area contributed by atoms with Crippen molar-refractivity contribution in [2.75, 3.05) is 27.2 Å². The molecule has 0 aromatic carbocycles. The Bertz CT molecular complexity index is 251. The summed E-state index contributed by atoms with van der Waals surface area (Å²) in [5.41, 5.74) is 0. The lowest BCUT2D eigenvalue weighted by atomic mass is 10.1. The first-order valence-corrected chi connectivity index (χ1v) is 4.80. The number of hydrogen-bond donors (Lipinski definition) is 0. The Kier molecular flexibility index (Phi) is 5.77. The molecule has 0 fully saturated rings. The van der Waals surface area contributed by atoms with Crippen molar-refractivity contribution in [2.24, 2.45) is 5.92 Å². The Labute approximate surface area is 90.0 Å². The molecule has 0 aliphatic heterocycles. The average molecular weight is 214 g/mol. The molecule has 0 aromatic rings. The number of rotatable bonds is 6. The highest BCUT2D eigenvalue weighted by molar-refractivity contribution is 5.88. The standard InChI is InChI=1S/C10H18N2O3/c1-8(2)9(14)5-11(3)6-10(15)12(4)7-13/h7-8H,5-6H2,1-4H3. The van der Waals surface area contributed by atoms with E-state index >= 15 is 0 Å². The molecule has 0 unspecified atom stereocenters. The molecule has 0 aliphatic rings. The van der Waals surface area contributed by atoms with E-state index in [1.54, 1.807) is 11.9 Å². The van der Waals surface area contributed by atoms with Crippen molar-refractivity contribution in [3.05, 3.63) is 0 Å². The number of carbonyl (C=O) groups excluding carboxylic acids is 3. The third kappa shape index (κ3) is 5.27. The molecular weight excluding hydrogens is 196 g/mol. The molecule has 15 heavy (non-hydrogen) atoms. The van der Waals surface area contributed by atoms with E-state index in [-0.39, 0.29) is 30.7 Å². The van der Waals surface area contributed by atoms with Crippen LogP contribution in [0.5, 0.6) is 0 Å². The van der Waals surface area contributed by atoms with Crippen molar-refractivity contribution < 1.29 is 14.4 Å². The van der Waals surface area contributed by atoms with Gasteiger partial charge in [0.15, 0.2) is 0 Å². The Hall–Kier alpha value is -1.23. The summed E-state index contributed by atoms with van der Waals surface area (Å²) < 4.78 is 0. The van der Waals surface area contributed by atoms with Gasteiger partial charge in [0.05, 0.1) is 13.1 Å². The van der Waals surface area contributed by atoms with E-state index in [1.165, 1.54) is 7.05 Å². The van der Waals surface area contributed by atoms with Crippen LogP contribution in [0.2, 0.25) is 0 Å². The van der Waals surface area contributed by atoms with Gasteiger partial charge in [0.1, 0.15) is 5.78 Å². The van der Waals surface area contributed by atoms with E-state index in [0.717, 1.165) is 4.90 Å². The number of carbonyl (C=O) groups is 3. The fourth-order valence-corrected chi connectivity index (χ4v) is 0.906. The van der Waals surface area contributed by atoms with Crippen LogP contribution in [0.25, 0.3) is 0 Å². The van der Waals surface area contributed by atoms with Gasteiger partial charge in [-0.25, -0.2) is 0 Å². The van der Waals surface area contributed by atoms with Gasteiger partial charge in [0, 0.05) is 13.0 Å². The van der Waals surface area contributed by atoms with E-state index in [1.807, 2.05) is 13.8 Å². The first-order valence-electron chi connectivity index (χ1n) is 4.80. The maximum atomic E-state index is 11.3. The van der Waals surface area contributed by atoms with Gasteiger partial charge in [-0.3, -0.25) is 24.2 Å². The van der Waals surface area contributed by atoms with Crippen LogP contribution in [0.3, 0.4) is 0 Å². The molecule has 0 rings (SSSR count). The Morgan fingerprint density at radius 1 is 1.20 bits per heavy atom. The molecule has 86 valence electrons. The van der Waals surface area contributed by atoms with Gasteiger partial charge >= 0.3 is 0 Å². The van der Waals surface area contributed by atoms with Crippen LogP contribution < -0.4 is 0 Å². The predicted molar refractivity (Wildman–Crippen MR) is 56.2 cm³/mol. The highest BCUT2D eigenvalue weighted by Crippen LogP contribution is 1.96. The zero-order valence-electron chi connectivity index (χ0n) is 9.69. The second-order valence-electron chi connectivity index (χ2n) is 3.90. The number of likely N-dealkylation sites (N-methyl/N-ethyl adjacent to an activating group) is 2. The largest absolute Gasteiger partial charge is 0.298 e. The lowest BCUT2D eigenvalue weighted by molar-refractivity contribution is -0.137. The van der Waals surface area contributed by atoms with E-state index < -0.39 is 0 Å². The molecule has 0 bridgehead atoms. The van der Waals surface area contributed by atoms with Crippen LogP contribution in [-0.4, -0.2) is 55.1 Å². The maximum Gasteiger partial charge on any atom is 0.242 e. The summed E-state index contributed by atoms with van der Waals surface area (Å²) in [6.07, 6.45) is 0.459. The number of imide groups is 1. The first kappa shape index (κ1) is 13.8. The Balaban J connectivity index is 4.04. The maximum absolute atomic E-state index is 11.3. The molecule has 0 N–H and O–H groups in total. The molecule has 2 amide bonds. The third-order valence-electron chi connectivity index (χ3n) is 2.03. The van der Waals surface area contributed by atoms with Gasteiger partial charge in [-0.1, -0.05) is 13.8 Å². The molecule has 0 atom stereocenters. The Morgan fingerprint density at radius 2 is 1.73 bits per heavy atom. The van der Waals surface area contributed by atoms with Gasteiger partial charge in [0.25, 0.3) is 0 Å². The molecule has 5 heteroatoms. The zero-order valence-corrected chi connectivity index (χ0v) is 9.69. The van der Waals surface area contributed by atoms with Crippen molar-refractivity contribution in [2.45, 2.75) is 13.8 Å². The number of Topliss-reactive ketones (excluding diaryl/α,β-unsaturated/α-hetero) is 1. The molecule has 5 nitrogen and oxygen atoms in total. The second-order valence-corrected chi connectivity index (χ2v) is 3.90. The summed E-state index contributed by atoms with van der Waals surface area (Å²) in [5.74, 6) is -0.269.